The topological polar surface area (TPSA) is 49.8 Å². The molecule has 21 heavy (non-hydrogen) atoms. The second-order valence-electron chi connectivity index (χ2n) is 5.35. The molecule has 5 heteroatoms. The Morgan fingerprint density at radius 3 is 2.71 bits per heavy atom. The van der Waals surface area contributed by atoms with E-state index in [2.05, 4.69) is 20.6 Å². The summed E-state index contributed by atoms with van der Waals surface area (Å²) >= 11 is 0. The maximum atomic E-state index is 12.8. The highest BCUT2D eigenvalue weighted by atomic mass is 19.1. The van der Waals surface area contributed by atoms with Gasteiger partial charge in [0.05, 0.1) is 18.1 Å². The van der Waals surface area contributed by atoms with Crippen LogP contribution in [-0.2, 0) is 6.54 Å². The summed E-state index contributed by atoms with van der Waals surface area (Å²) in [6.07, 6.45) is 5.99. The smallest absolute Gasteiger partial charge is 0.144 e. The van der Waals surface area contributed by atoms with Gasteiger partial charge < -0.3 is 10.6 Å². The minimum atomic E-state index is -0.219. The van der Waals surface area contributed by atoms with E-state index < -0.39 is 0 Å². The Bertz CT molecular complexity index is 562. The van der Waals surface area contributed by atoms with Gasteiger partial charge >= 0.3 is 0 Å². The fraction of sp³-hybridized carbons (Fsp3) is 0.375. The first kappa shape index (κ1) is 13.9. The molecule has 1 saturated heterocycles. The molecular formula is C16H19FN4. The lowest BCUT2D eigenvalue weighted by molar-refractivity contribution is 0.454. The van der Waals surface area contributed by atoms with E-state index in [4.69, 9.17) is 0 Å². The average Bonchev–Trinajstić information content (AvgIpc) is 2.56. The van der Waals surface area contributed by atoms with E-state index in [1.807, 2.05) is 6.20 Å². The van der Waals surface area contributed by atoms with Crippen LogP contribution in [-0.4, -0.2) is 23.1 Å². The van der Waals surface area contributed by atoms with Gasteiger partial charge in [-0.15, -0.1) is 0 Å². The van der Waals surface area contributed by atoms with Crippen LogP contribution in [0.15, 0.2) is 36.7 Å². The van der Waals surface area contributed by atoms with E-state index in [0.717, 1.165) is 30.2 Å². The van der Waals surface area contributed by atoms with Gasteiger partial charge in [0.25, 0.3) is 0 Å². The second kappa shape index (κ2) is 6.63. The number of nitrogens with zero attached hydrogens (tertiary/aromatic N) is 2. The van der Waals surface area contributed by atoms with Crippen LogP contribution in [0.1, 0.15) is 30.0 Å². The first-order valence-corrected chi connectivity index (χ1v) is 7.32. The number of anilines is 1. The molecule has 3 rings (SSSR count). The van der Waals surface area contributed by atoms with Gasteiger partial charge in [0.15, 0.2) is 0 Å². The van der Waals surface area contributed by atoms with Gasteiger partial charge in [0, 0.05) is 19.0 Å². The first-order chi connectivity index (χ1) is 10.3. The van der Waals surface area contributed by atoms with Crippen molar-refractivity contribution in [3.63, 3.8) is 0 Å². The lowest BCUT2D eigenvalue weighted by Gasteiger charge is -2.21. The molecule has 1 aliphatic heterocycles. The van der Waals surface area contributed by atoms with E-state index in [9.17, 15) is 4.39 Å². The fourth-order valence-corrected chi connectivity index (χ4v) is 2.54. The number of aromatic nitrogens is 2. The number of hydrogen-bond acceptors (Lipinski definition) is 4. The Kier molecular flexibility index (Phi) is 4.40. The molecule has 0 saturated carbocycles. The highest BCUT2D eigenvalue weighted by molar-refractivity contribution is 5.33. The third-order valence-electron chi connectivity index (χ3n) is 3.77. The van der Waals surface area contributed by atoms with E-state index in [1.54, 1.807) is 18.3 Å². The molecule has 0 radical (unpaired) electrons. The van der Waals surface area contributed by atoms with Gasteiger partial charge in [0.2, 0.25) is 0 Å². The number of hydrogen-bond donors (Lipinski definition) is 2. The predicted octanol–water partition coefficient (Wildman–Crippen LogP) is 2.69. The van der Waals surface area contributed by atoms with Crippen molar-refractivity contribution in [2.24, 2.45) is 0 Å². The summed E-state index contributed by atoms with van der Waals surface area (Å²) in [5.41, 5.74) is 2.06. The quantitative estimate of drug-likeness (QED) is 0.907. The third kappa shape index (κ3) is 3.76. The van der Waals surface area contributed by atoms with Crippen LogP contribution >= 0.6 is 0 Å². The van der Waals surface area contributed by atoms with E-state index in [0.29, 0.717) is 12.5 Å². The maximum absolute atomic E-state index is 12.8. The predicted molar refractivity (Wildman–Crippen MR) is 80.6 cm³/mol. The van der Waals surface area contributed by atoms with Crippen molar-refractivity contribution in [1.82, 2.24) is 15.3 Å². The van der Waals surface area contributed by atoms with Crippen molar-refractivity contribution in [1.29, 1.82) is 0 Å². The first-order valence-electron chi connectivity index (χ1n) is 7.32. The standard InChI is InChI=1S/C16H19FN4/c17-14-5-3-12(4-6-14)8-20-16-11-19-15(10-21-16)13-2-1-7-18-9-13/h3-6,10-11,13,18H,1-2,7-9H2,(H,20,21). The van der Waals surface area contributed by atoms with Crippen LogP contribution in [0.5, 0.6) is 0 Å². The molecule has 1 unspecified atom stereocenters. The van der Waals surface area contributed by atoms with Crippen molar-refractivity contribution < 1.29 is 4.39 Å². The van der Waals surface area contributed by atoms with Crippen molar-refractivity contribution in [3.8, 4) is 0 Å². The number of piperidine rings is 1. The molecule has 1 aliphatic rings. The van der Waals surface area contributed by atoms with Crippen molar-refractivity contribution in [3.05, 3.63) is 53.7 Å². The minimum absolute atomic E-state index is 0.219. The summed E-state index contributed by atoms with van der Waals surface area (Å²) in [7, 11) is 0. The minimum Gasteiger partial charge on any atom is -0.365 e. The van der Waals surface area contributed by atoms with Crippen LogP contribution in [0.2, 0.25) is 0 Å². The lowest BCUT2D eigenvalue weighted by Crippen LogP contribution is -2.28. The molecular weight excluding hydrogens is 267 g/mol. The zero-order chi connectivity index (χ0) is 14.5. The van der Waals surface area contributed by atoms with Crippen LogP contribution in [0.3, 0.4) is 0 Å². The fourth-order valence-electron chi connectivity index (χ4n) is 2.54. The molecule has 0 spiro atoms. The average molecular weight is 286 g/mol. The monoisotopic (exact) mass is 286 g/mol. The molecule has 0 amide bonds. The zero-order valence-electron chi connectivity index (χ0n) is 11.8. The Labute approximate surface area is 123 Å². The summed E-state index contributed by atoms with van der Waals surface area (Å²) in [6, 6.07) is 6.44. The van der Waals surface area contributed by atoms with Gasteiger partial charge in [-0.05, 0) is 37.1 Å². The molecule has 0 bridgehead atoms. The molecule has 0 aliphatic carbocycles. The molecule has 110 valence electrons. The van der Waals surface area contributed by atoms with E-state index in [-0.39, 0.29) is 5.82 Å². The summed E-state index contributed by atoms with van der Waals surface area (Å²) in [5.74, 6) is 0.994. The third-order valence-corrected chi connectivity index (χ3v) is 3.77. The van der Waals surface area contributed by atoms with Gasteiger partial charge in [-0.25, -0.2) is 9.37 Å². The van der Waals surface area contributed by atoms with Crippen LogP contribution in [0, 0.1) is 5.82 Å². The van der Waals surface area contributed by atoms with Crippen molar-refractivity contribution >= 4 is 5.82 Å². The molecule has 2 aromatic rings. The lowest BCUT2D eigenvalue weighted by atomic mass is 9.97. The second-order valence-corrected chi connectivity index (χ2v) is 5.35. The summed E-state index contributed by atoms with van der Waals surface area (Å²) in [6.45, 7) is 2.69. The Hall–Kier alpha value is -2.01. The van der Waals surface area contributed by atoms with Gasteiger partial charge in [-0.1, -0.05) is 12.1 Å². The van der Waals surface area contributed by atoms with Gasteiger partial charge in [0.1, 0.15) is 11.6 Å². The number of benzene rings is 1. The molecule has 1 fully saturated rings. The molecule has 1 aromatic heterocycles. The Morgan fingerprint density at radius 1 is 1.19 bits per heavy atom. The van der Waals surface area contributed by atoms with E-state index >= 15 is 0 Å². The van der Waals surface area contributed by atoms with Gasteiger partial charge in [-0.3, -0.25) is 4.98 Å². The van der Waals surface area contributed by atoms with Crippen molar-refractivity contribution in [2.45, 2.75) is 25.3 Å². The van der Waals surface area contributed by atoms with Crippen LogP contribution < -0.4 is 10.6 Å². The molecule has 1 aromatic carbocycles. The number of rotatable bonds is 4. The molecule has 2 N–H and O–H groups in total. The van der Waals surface area contributed by atoms with Gasteiger partial charge in [-0.2, -0.15) is 0 Å². The summed E-state index contributed by atoms with van der Waals surface area (Å²) < 4.78 is 12.8. The SMILES string of the molecule is Fc1ccc(CNc2cnc(C3CCCNC3)cn2)cc1. The highest BCUT2D eigenvalue weighted by Gasteiger charge is 2.16. The summed E-state index contributed by atoms with van der Waals surface area (Å²) in [5, 5.41) is 6.58. The molecule has 4 nitrogen and oxygen atoms in total. The number of nitrogens with one attached hydrogen (secondary N) is 2. The van der Waals surface area contributed by atoms with Crippen LogP contribution in [0.4, 0.5) is 10.2 Å². The normalized spacial score (nSPS) is 18.4. The van der Waals surface area contributed by atoms with E-state index in [1.165, 1.54) is 25.0 Å². The van der Waals surface area contributed by atoms with Crippen molar-refractivity contribution in [2.75, 3.05) is 18.4 Å². The van der Waals surface area contributed by atoms with Crippen LogP contribution in [0.25, 0.3) is 0 Å². The summed E-state index contributed by atoms with van der Waals surface area (Å²) in [4.78, 5) is 8.91. The highest BCUT2D eigenvalue weighted by Crippen LogP contribution is 2.21. The Balaban J connectivity index is 1.57. The number of halogens is 1. The zero-order valence-corrected chi connectivity index (χ0v) is 11.8. The maximum Gasteiger partial charge on any atom is 0.144 e. The molecule has 2 heterocycles. The Morgan fingerprint density at radius 2 is 2.05 bits per heavy atom. The molecule has 1 atom stereocenters. The largest absolute Gasteiger partial charge is 0.365 e.